The van der Waals surface area contributed by atoms with Gasteiger partial charge >= 0.3 is 0 Å². The molecular formula is C22H25N3O2. The molecular weight excluding hydrogens is 338 g/mol. The quantitative estimate of drug-likeness (QED) is 0.486. The van der Waals surface area contributed by atoms with E-state index in [1.807, 2.05) is 42.5 Å². The first-order chi connectivity index (χ1) is 13.0. The van der Waals surface area contributed by atoms with Crippen molar-refractivity contribution in [2.75, 3.05) is 6.61 Å². The fourth-order valence-corrected chi connectivity index (χ4v) is 2.94. The van der Waals surface area contributed by atoms with Gasteiger partial charge in [0.15, 0.2) is 0 Å². The average molecular weight is 363 g/mol. The van der Waals surface area contributed by atoms with Gasteiger partial charge in [-0.15, -0.1) is 0 Å². The predicted octanol–water partition coefficient (Wildman–Crippen LogP) is 4.01. The van der Waals surface area contributed by atoms with Crippen molar-refractivity contribution in [1.82, 2.24) is 14.9 Å². The van der Waals surface area contributed by atoms with Crippen LogP contribution in [0.1, 0.15) is 24.7 Å². The molecule has 2 aromatic carbocycles. The van der Waals surface area contributed by atoms with Crippen LogP contribution in [-0.4, -0.2) is 22.1 Å². The van der Waals surface area contributed by atoms with Gasteiger partial charge in [-0.25, -0.2) is 4.98 Å². The molecule has 0 radical (unpaired) electrons. The number of carbonyl (C=O) groups is 1. The van der Waals surface area contributed by atoms with Crippen molar-refractivity contribution in [3.8, 4) is 5.75 Å². The smallest absolute Gasteiger partial charge is 0.246 e. The van der Waals surface area contributed by atoms with Crippen LogP contribution in [0.3, 0.4) is 0 Å². The number of rotatable bonds is 8. The summed E-state index contributed by atoms with van der Waals surface area (Å²) >= 11 is 0. The highest BCUT2D eigenvalue weighted by molar-refractivity contribution is 5.92. The zero-order valence-electron chi connectivity index (χ0n) is 15.9. The zero-order chi connectivity index (χ0) is 19.2. The minimum absolute atomic E-state index is 0.156. The number of aryl methyl sites for hydroxylation is 2. The minimum Gasteiger partial charge on any atom is -0.494 e. The molecule has 0 atom stereocenters. The monoisotopic (exact) mass is 363 g/mol. The molecule has 3 rings (SSSR count). The molecule has 1 N–H and O–H groups in total. The van der Waals surface area contributed by atoms with E-state index in [2.05, 4.69) is 34.4 Å². The number of ether oxygens (including phenoxy) is 1. The Morgan fingerprint density at radius 2 is 2.04 bits per heavy atom. The van der Waals surface area contributed by atoms with Crippen LogP contribution >= 0.6 is 0 Å². The van der Waals surface area contributed by atoms with Crippen LogP contribution in [0.15, 0.2) is 60.7 Å². The first kappa shape index (κ1) is 18.7. The summed E-state index contributed by atoms with van der Waals surface area (Å²) in [4.78, 5) is 16.5. The van der Waals surface area contributed by atoms with Gasteiger partial charge in [0.05, 0.1) is 24.2 Å². The van der Waals surface area contributed by atoms with E-state index in [-0.39, 0.29) is 5.91 Å². The molecule has 0 aliphatic rings. The van der Waals surface area contributed by atoms with Gasteiger partial charge in [-0.05, 0) is 50.1 Å². The molecule has 1 heterocycles. The van der Waals surface area contributed by atoms with E-state index in [9.17, 15) is 4.79 Å². The number of carbonyl (C=O) groups excluding carboxylic acids is 1. The van der Waals surface area contributed by atoms with E-state index in [4.69, 9.17) is 4.74 Å². The predicted molar refractivity (Wildman–Crippen MR) is 108 cm³/mol. The maximum Gasteiger partial charge on any atom is 0.246 e. The topological polar surface area (TPSA) is 56.2 Å². The fourth-order valence-electron chi connectivity index (χ4n) is 2.94. The van der Waals surface area contributed by atoms with Crippen molar-refractivity contribution < 1.29 is 9.53 Å². The highest BCUT2D eigenvalue weighted by Gasteiger charge is 2.11. The van der Waals surface area contributed by atoms with E-state index < -0.39 is 0 Å². The summed E-state index contributed by atoms with van der Waals surface area (Å²) < 4.78 is 8.00. The van der Waals surface area contributed by atoms with Crippen LogP contribution in [-0.2, 0) is 17.9 Å². The van der Waals surface area contributed by atoms with Crippen molar-refractivity contribution in [3.63, 3.8) is 0 Å². The van der Waals surface area contributed by atoms with Crippen LogP contribution in [0, 0.1) is 6.92 Å². The minimum atomic E-state index is -0.156. The fraction of sp³-hybridized carbons (Fsp3) is 0.273. The second-order valence-corrected chi connectivity index (χ2v) is 6.65. The van der Waals surface area contributed by atoms with Gasteiger partial charge in [0.1, 0.15) is 11.6 Å². The SMILES string of the molecule is C=C(C)C(=O)NCc1nc2ccccc2n1CCCOc1cccc(C)c1. The van der Waals surface area contributed by atoms with Crippen molar-refractivity contribution in [2.45, 2.75) is 33.4 Å². The Hall–Kier alpha value is -3.08. The molecule has 0 fully saturated rings. The molecule has 0 saturated carbocycles. The maximum atomic E-state index is 11.8. The lowest BCUT2D eigenvalue weighted by molar-refractivity contribution is -0.117. The van der Waals surface area contributed by atoms with E-state index in [0.717, 1.165) is 35.6 Å². The molecule has 0 unspecified atom stereocenters. The number of fused-ring (bicyclic) bond motifs is 1. The third-order valence-electron chi connectivity index (χ3n) is 4.31. The normalized spacial score (nSPS) is 10.7. The van der Waals surface area contributed by atoms with E-state index in [0.29, 0.717) is 18.7 Å². The Bertz CT molecular complexity index is 959. The van der Waals surface area contributed by atoms with Crippen LogP contribution in [0.5, 0.6) is 5.75 Å². The summed E-state index contributed by atoms with van der Waals surface area (Å²) in [6.45, 7) is 9.18. The molecule has 0 bridgehead atoms. The highest BCUT2D eigenvalue weighted by Crippen LogP contribution is 2.17. The number of para-hydroxylation sites is 2. The largest absolute Gasteiger partial charge is 0.494 e. The van der Waals surface area contributed by atoms with E-state index in [1.165, 1.54) is 5.56 Å². The van der Waals surface area contributed by atoms with Gasteiger partial charge in [0.25, 0.3) is 0 Å². The summed E-state index contributed by atoms with van der Waals surface area (Å²) in [5, 5.41) is 2.87. The first-order valence-corrected chi connectivity index (χ1v) is 9.12. The Balaban J connectivity index is 1.67. The maximum absolute atomic E-state index is 11.8. The van der Waals surface area contributed by atoms with Crippen molar-refractivity contribution >= 4 is 16.9 Å². The number of hydrogen-bond donors (Lipinski definition) is 1. The summed E-state index contributed by atoms with van der Waals surface area (Å²) in [5.74, 6) is 1.57. The number of nitrogens with one attached hydrogen (secondary N) is 1. The van der Waals surface area contributed by atoms with Crippen molar-refractivity contribution in [3.05, 3.63) is 72.1 Å². The number of amides is 1. The first-order valence-electron chi connectivity index (χ1n) is 9.12. The molecule has 27 heavy (non-hydrogen) atoms. The van der Waals surface area contributed by atoms with Gasteiger partial charge in [-0.2, -0.15) is 0 Å². The highest BCUT2D eigenvalue weighted by atomic mass is 16.5. The molecule has 1 aromatic heterocycles. The van der Waals surface area contributed by atoms with Crippen LogP contribution in [0.2, 0.25) is 0 Å². The number of aromatic nitrogens is 2. The second-order valence-electron chi connectivity index (χ2n) is 6.65. The molecule has 140 valence electrons. The molecule has 0 aliphatic heterocycles. The van der Waals surface area contributed by atoms with E-state index in [1.54, 1.807) is 6.92 Å². The molecule has 0 aliphatic carbocycles. The van der Waals surface area contributed by atoms with Crippen LogP contribution < -0.4 is 10.1 Å². The van der Waals surface area contributed by atoms with Crippen LogP contribution in [0.25, 0.3) is 11.0 Å². The lowest BCUT2D eigenvalue weighted by atomic mass is 10.2. The molecule has 1 amide bonds. The number of hydrogen-bond acceptors (Lipinski definition) is 3. The summed E-state index contributed by atoms with van der Waals surface area (Å²) in [6.07, 6.45) is 0.843. The molecule has 0 saturated heterocycles. The van der Waals surface area contributed by atoms with E-state index >= 15 is 0 Å². The lowest BCUT2D eigenvalue weighted by Gasteiger charge is -2.11. The standard InChI is InChI=1S/C22H25N3O2/c1-16(2)22(26)23-15-21-24-19-10-4-5-11-20(19)25(21)12-7-13-27-18-9-6-8-17(3)14-18/h4-6,8-11,14H,1,7,12-13,15H2,2-3H3,(H,23,26). The number of imidazole rings is 1. The second kappa shape index (κ2) is 8.54. The molecule has 5 heteroatoms. The summed E-state index contributed by atoms with van der Waals surface area (Å²) in [5.41, 5.74) is 3.66. The summed E-state index contributed by atoms with van der Waals surface area (Å²) in [6, 6.07) is 16.1. The zero-order valence-corrected chi connectivity index (χ0v) is 15.9. The van der Waals surface area contributed by atoms with Crippen molar-refractivity contribution in [2.24, 2.45) is 0 Å². The Morgan fingerprint density at radius 3 is 2.81 bits per heavy atom. The van der Waals surface area contributed by atoms with Gasteiger partial charge in [0, 0.05) is 12.1 Å². The third-order valence-corrected chi connectivity index (χ3v) is 4.31. The molecule has 0 spiro atoms. The Morgan fingerprint density at radius 1 is 1.22 bits per heavy atom. The number of nitrogens with zero attached hydrogens (tertiary/aromatic N) is 2. The lowest BCUT2D eigenvalue weighted by Crippen LogP contribution is -2.25. The number of benzene rings is 2. The Kier molecular flexibility index (Phi) is 5.91. The van der Waals surface area contributed by atoms with Crippen LogP contribution in [0.4, 0.5) is 0 Å². The molecule has 3 aromatic rings. The Labute approximate surface area is 159 Å². The summed E-state index contributed by atoms with van der Waals surface area (Å²) in [7, 11) is 0. The molecule has 5 nitrogen and oxygen atoms in total. The van der Waals surface area contributed by atoms with Gasteiger partial charge < -0.3 is 14.6 Å². The third kappa shape index (κ3) is 4.76. The van der Waals surface area contributed by atoms with Crippen molar-refractivity contribution in [1.29, 1.82) is 0 Å². The average Bonchev–Trinajstić information content (AvgIpc) is 3.01. The van der Waals surface area contributed by atoms with Gasteiger partial charge in [-0.3, -0.25) is 4.79 Å². The van der Waals surface area contributed by atoms with Gasteiger partial charge in [-0.1, -0.05) is 30.8 Å². The van der Waals surface area contributed by atoms with Gasteiger partial charge in [0.2, 0.25) is 5.91 Å².